The van der Waals surface area contributed by atoms with Gasteiger partial charge in [0.1, 0.15) is 11.5 Å². The van der Waals surface area contributed by atoms with Crippen LogP contribution in [0.5, 0.6) is 0 Å². The van der Waals surface area contributed by atoms with E-state index in [2.05, 4.69) is 21.0 Å². The highest BCUT2D eigenvalue weighted by atomic mass is 16.5. The van der Waals surface area contributed by atoms with Crippen LogP contribution < -0.4 is 10.9 Å². The van der Waals surface area contributed by atoms with Crippen LogP contribution in [-0.4, -0.2) is 22.0 Å². The summed E-state index contributed by atoms with van der Waals surface area (Å²) in [6.07, 6.45) is 0. The van der Waals surface area contributed by atoms with Crippen molar-refractivity contribution in [2.75, 3.05) is 0 Å². The monoisotopic (exact) mass is 356 g/mol. The highest BCUT2D eigenvalue weighted by molar-refractivity contribution is 6.07. The Kier molecular flexibility index (Phi) is 4.50. The van der Waals surface area contributed by atoms with E-state index in [9.17, 15) is 9.59 Å². The number of hydrogen-bond donors (Lipinski definition) is 2. The van der Waals surface area contributed by atoms with Crippen molar-refractivity contribution in [3.8, 4) is 0 Å². The first kappa shape index (κ1) is 17.7. The SMILES string of the molecule is Cc1cc(C(=O)NNC(=O)c2cc(C(C)C)nc3onc(C)c23)c(C)o1. The van der Waals surface area contributed by atoms with E-state index in [1.54, 1.807) is 32.9 Å². The molecule has 0 fully saturated rings. The van der Waals surface area contributed by atoms with Crippen LogP contribution in [0, 0.1) is 20.8 Å². The first-order valence-electron chi connectivity index (χ1n) is 8.22. The van der Waals surface area contributed by atoms with Crippen LogP contribution in [0.25, 0.3) is 11.1 Å². The Morgan fingerprint density at radius 2 is 1.69 bits per heavy atom. The third kappa shape index (κ3) is 3.17. The Labute approximate surface area is 149 Å². The van der Waals surface area contributed by atoms with Crippen LogP contribution in [0.15, 0.2) is 21.1 Å². The van der Waals surface area contributed by atoms with E-state index in [0.717, 1.165) is 0 Å². The molecular formula is C18H20N4O4. The molecule has 2 N–H and O–H groups in total. The molecule has 0 aliphatic heterocycles. The maximum absolute atomic E-state index is 12.7. The maximum Gasteiger partial charge on any atom is 0.273 e. The van der Waals surface area contributed by atoms with Crippen molar-refractivity contribution in [2.45, 2.75) is 40.5 Å². The van der Waals surface area contributed by atoms with E-state index in [1.807, 2.05) is 13.8 Å². The molecule has 0 unspecified atom stereocenters. The van der Waals surface area contributed by atoms with Gasteiger partial charge in [0.2, 0.25) is 0 Å². The minimum Gasteiger partial charge on any atom is -0.466 e. The van der Waals surface area contributed by atoms with Crippen molar-refractivity contribution in [1.82, 2.24) is 21.0 Å². The maximum atomic E-state index is 12.7. The Balaban J connectivity index is 1.86. The predicted molar refractivity (Wildman–Crippen MR) is 93.7 cm³/mol. The molecule has 3 aromatic heterocycles. The van der Waals surface area contributed by atoms with Gasteiger partial charge in [-0.2, -0.15) is 0 Å². The number of rotatable bonds is 3. The highest BCUT2D eigenvalue weighted by Gasteiger charge is 2.21. The summed E-state index contributed by atoms with van der Waals surface area (Å²) in [5.41, 5.74) is 7.10. The number of carbonyl (C=O) groups is 2. The van der Waals surface area contributed by atoms with Crippen LogP contribution in [0.4, 0.5) is 0 Å². The number of carbonyl (C=O) groups excluding carboxylic acids is 2. The molecule has 3 rings (SSSR count). The normalized spacial score (nSPS) is 11.2. The van der Waals surface area contributed by atoms with E-state index in [1.165, 1.54) is 0 Å². The molecule has 3 aromatic rings. The molecule has 26 heavy (non-hydrogen) atoms. The van der Waals surface area contributed by atoms with Crippen LogP contribution >= 0.6 is 0 Å². The summed E-state index contributed by atoms with van der Waals surface area (Å²) in [6.45, 7) is 9.09. The summed E-state index contributed by atoms with van der Waals surface area (Å²) < 4.78 is 10.5. The molecule has 0 radical (unpaired) electrons. The van der Waals surface area contributed by atoms with Crippen molar-refractivity contribution in [3.63, 3.8) is 0 Å². The van der Waals surface area contributed by atoms with Gasteiger partial charge in [0, 0.05) is 5.69 Å². The third-order valence-corrected chi connectivity index (χ3v) is 4.05. The fourth-order valence-corrected chi connectivity index (χ4v) is 2.69. The lowest BCUT2D eigenvalue weighted by molar-refractivity contribution is 0.0846. The molecule has 0 aliphatic carbocycles. The molecule has 3 heterocycles. The Morgan fingerprint density at radius 3 is 2.27 bits per heavy atom. The molecular weight excluding hydrogens is 336 g/mol. The second-order valence-electron chi connectivity index (χ2n) is 6.43. The highest BCUT2D eigenvalue weighted by Crippen LogP contribution is 2.25. The summed E-state index contributed by atoms with van der Waals surface area (Å²) in [5.74, 6) is 0.275. The van der Waals surface area contributed by atoms with Crippen molar-refractivity contribution < 1.29 is 18.5 Å². The van der Waals surface area contributed by atoms with Gasteiger partial charge in [0.05, 0.1) is 22.2 Å². The zero-order valence-corrected chi connectivity index (χ0v) is 15.3. The topological polar surface area (TPSA) is 110 Å². The minimum absolute atomic E-state index is 0.0995. The fraction of sp³-hybridized carbons (Fsp3) is 0.333. The Morgan fingerprint density at radius 1 is 1.04 bits per heavy atom. The molecule has 0 spiro atoms. The number of furan rings is 1. The molecule has 0 saturated heterocycles. The van der Waals surface area contributed by atoms with E-state index >= 15 is 0 Å². The van der Waals surface area contributed by atoms with E-state index in [-0.39, 0.29) is 5.92 Å². The van der Waals surface area contributed by atoms with Gasteiger partial charge in [-0.25, -0.2) is 4.98 Å². The summed E-state index contributed by atoms with van der Waals surface area (Å²) >= 11 is 0. The zero-order valence-electron chi connectivity index (χ0n) is 15.3. The average Bonchev–Trinajstić information content (AvgIpc) is 3.13. The van der Waals surface area contributed by atoms with Gasteiger partial charge in [-0.1, -0.05) is 19.0 Å². The Bertz CT molecular complexity index is 1000. The Hall–Kier alpha value is -3.16. The largest absolute Gasteiger partial charge is 0.466 e. The summed E-state index contributed by atoms with van der Waals surface area (Å²) in [6, 6.07) is 3.30. The first-order chi connectivity index (χ1) is 12.3. The van der Waals surface area contributed by atoms with Crippen LogP contribution in [0.2, 0.25) is 0 Å². The van der Waals surface area contributed by atoms with Crippen molar-refractivity contribution >= 4 is 22.9 Å². The van der Waals surface area contributed by atoms with Crippen LogP contribution in [-0.2, 0) is 0 Å². The van der Waals surface area contributed by atoms with Gasteiger partial charge in [-0.3, -0.25) is 20.4 Å². The number of aromatic nitrogens is 2. The molecule has 0 saturated carbocycles. The smallest absolute Gasteiger partial charge is 0.273 e. The first-order valence-corrected chi connectivity index (χ1v) is 8.22. The second kappa shape index (κ2) is 6.62. The van der Waals surface area contributed by atoms with Gasteiger partial charge in [0.25, 0.3) is 17.5 Å². The van der Waals surface area contributed by atoms with Gasteiger partial charge < -0.3 is 8.94 Å². The number of pyridine rings is 1. The molecule has 0 atom stereocenters. The molecule has 2 amide bonds. The minimum atomic E-state index is -0.475. The van der Waals surface area contributed by atoms with Crippen molar-refractivity contribution in [2.24, 2.45) is 0 Å². The van der Waals surface area contributed by atoms with Gasteiger partial charge in [-0.05, 0) is 38.8 Å². The third-order valence-electron chi connectivity index (χ3n) is 4.05. The number of hydrazine groups is 1. The zero-order chi connectivity index (χ0) is 19.0. The van der Waals surface area contributed by atoms with E-state index in [4.69, 9.17) is 8.94 Å². The predicted octanol–water partition coefficient (Wildman–Crippen LogP) is 2.94. The van der Waals surface area contributed by atoms with Crippen molar-refractivity contribution in [3.05, 3.63) is 46.2 Å². The number of hydrogen-bond acceptors (Lipinski definition) is 6. The average molecular weight is 356 g/mol. The number of aryl methyl sites for hydroxylation is 3. The molecule has 0 bridgehead atoms. The fourth-order valence-electron chi connectivity index (χ4n) is 2.69. The lowest BCUT2D eigenvalue weighted by atomic mass is 10.0. The number of amides is 2. The lowest BCUT2D eigenvalue weighted by Gasteiger charge is -2.10. The molecule has 136 valence electrons. The summed E-state index contributed by atoms with van der Waals surface area (Å²) in [5, 5.41) is 4.40. The van der Waals surface area contributed by atoms with E-state index in [0.29, 0.717) is 45.1 Å². The van der Waals surface area contributed by atoms with Gasteiger partial charge in [-0.15, -0.1) is 0 Å². The van der Waals surface area contributed by atoms with E-state index < -0.39 is 11.8 Å². The van der Waals surface area contributed by atoms with Gasteiger partial charge >= 0.3 is 0 Å². The van der Waals surface area contributed by atoms with Crippen LogP contribution in [0.3, 0.4) is 0 Å². The van der Waals surface area contributed by atoms with Crippen molar-refractivity contribution in [1.29, 1.82) is 0 Å². The summed E-state index contributed by atoms with van der Waals surface area (Å²) in [4.78, 5) is 29.3. The number of nitrogens with zero attached hydrogens (tertiary/aromatic N) is 2. The molecule has 0 aromatic carbocycles. The second-order valence-corrected chi connectivity index (χ2v) is 6.43. The molecule has 8 heteroatoms. The lowest BCUT2D eigenvalue weighted by Crippen LogP contribution is -2.41. The number of fused-ring (bicyclic) bond motifs is 1. The quantitative estimate of drug-likeness (QED) is 0.698. The summed E-state index contributed by atoms with van der Waals surface area (Å²) in [7, 11) is 0. The standard InChI is InChI=1S/C18H20N4O4/c1-8(2)14-7-13(15-10(4)22-26-18(15)19-14)17(24)21-20-16(23)12-6-9(3)25-11(12)5/h6-8H,1-5H3,(H,20,23)(H,21,24). The number of nitrogens with one attached hydrogen (secondary N) is 2. The van der Waals surface area contributed by atoms with Gasteiger partial charge in [0.15, 0.2) is 0 Å². The molecule has 0 aliphatic rings. The molecule has 8 nitrogen and oxygen atoms in total. The van der Waals surface area contributed by atoms with Crippen LogP contribution in [0.1, 0.15) is 63.4 Å².